The highest BCUT2D eigenvalue weighted by molar-refractivity contribution is 7.15. The number of rotatable bonds is 1. The van der Waals surface area contributed by atoms with Crippen LogP contribution in [0.3, 0.4) is 0 Å². The molecule has 0 unspecified atom stereocenters. The molecule has 2 rings (SSSR count). The predicted octanol–water partition coefficient (Wildman–Crippen LogP) is 1.39. The topological polar surface area (TPSA) is 77.8 Å². The van der Waals surface area contributed by atoms with Crippen molar-refractivity contribution in [1.82, 2.24) is 15.3 Å². The first-order valence-corrected chi connectivity index (χ1v) is 4.52. The van der Waals surface area contributed by atoms with Crippen LogP contribution < -0.4 is 5.73 Å². The minimum atomic E-state index is 0.286. The normalized spacial score (nSPS) is 10.6. The maximum absolute atomic E-state index is 5.53. The van der Waals surface area contributed by atoms with E-state index in [2.05, 4.69) is 19.9 Å². The molecule has 0 radical (unpaired) electrons. The zero-order valence-electron chi connectivity index (χ0n) is 7.24. The zero-order valence-corrected chi connectivity index (χ0v) is 8.05. The third kappa shape index (κ3) is 1.29. The van der Waals surface area contributed by atoms with Crippen LogP contribution in [0.2, 0.25) is 0 Å². The number of thiazole rings is 1. The summed E-state index contributed by atoms with van der Waals surface area (Å²) < 4.78 is 4.49. The maximum Gasteiger partial charge on any atom is 0.198 e. The Morgan fingerprint density at radius 3 is 2.54 bits per heavy atom. The van der Waals surface area contributed by atoms with Gasteiger partial charge < -0.3 is 5.73 Å². The molecule has 0 saturated heterocycles. The van der Waals surface area contributed by atoms with Gasteiger partial charge in [-0.2, -0.15) is 0 Å². The van der Waals surface area contributed by atoms with Gasteiger partial charge in [-0.25, -0.2) is 9.61 Å². The molecule has 2 aromatic rings. The van der Waals surface area contributed by atoms with Crippen molar-refractivity contribution in [2.75, 3.05) is 5.73 Å². The highest BCUT2D eigenvalue weighted by Gasteiger charge is 2.13. The third-order valence-corrected chi connectivity index (χ3v) is 2.82. The Morgan fingerprint density at radius 1 is 1.31 bits per heavy atom. The zero-order chi connectivity index (χ0) is 9.42. The van der Waals surface area contributed by atoms with Crippen LogP contribution in [0.5, 0.6) is 0 Å². The van der Waals surface area contributed by atoms with Gasteiger partial charge in [0.15, 0.2) is 11.5 Å². The van der Waals surface area contributed by atoms with E-state index in [4.69, 9.17) is 5.73 Å². The number of nitrogens with zero attached hydrogens (tertiary/aromatic N) is 3. The Labute approximate surface area is 78.6 Å². The minimum absolute atomic E-state index is 0.286. The summed E-state index contributed by atoms with van der Waals surface area (Å²) in [7, 11) is 0. The molecule has 0 spiro atoms. The number of hydrogen-bond acceptors (Lipinski definition) is 6. The van der Waals surface area contributed by atoms with Gasteiger partial charge in [-0.3, -0.25) is 0 Å². The van der Waals surface area contributed by atoms with Crippen molar-refractivity contribution in [2.45, 2.75) is 13.8 Å². The van der Waals surface area contributed by atoms with Crippen molar-refractivity contribution >= 4 is 17.2 Å². The van der Waals surface area contributed by atoms with Crippen LogP contribution in [-0.2, 0) is 0 Å². The summed E-state index contributed by atoms with van der Waals surface area (Å²) in [6.45, 7) is 3.94. The van der Waals surface area contributed by atoms with Gasteiger partial charge in [0.05, 0.1) is 5.69 Å². The third-order valence-electron chi connectivity index (χ3n) is 1.75. The molecule has 0 aliphatic carbocycles. The summed E-state index contributed by atoms with van der Waals surface area (Å²) in [5.74, 6) is 0.286. The van der Waals surface area contributed by atoms with Crippen LogP contribution in [0, 0.1) is 13.8 Å². The molecular formula is C7H8N4OS. The Morgan fingerprint density at radius 2 is 2.08 bits per heavy atom. The van der Waals surface area contributed by atoms with Gasteiger partial charge >= 0.3 is 0 Å². The van der Waals surface area contributed by atoms with Gasteiger partial charge in [-0.15, -0.1) is 11.3 Å². The largest absolute Gasteiger partial charge is 0.379 e. The first kappa shape index (κ1) is 8.18. The number of hydrogen-bond donors (Lipinski definition) is 1. The van der Waals surface area contributed by atoms with E-state index in [1.54, 1.807) is 0 Å². The maximum atomic E-state index is 5.53. The second-order valence-corrected chi connectivity index (χ2v) is 3.86. The Kier molecular flexibility index (Phi) is 1.77. The van der Waals surface area contributed by atoms with Gasteiger partial charge in [0, 0.05) is 4.88 Å². The number of aryl methyl sites for hydroxylation is 2. The number of nitrogen functional groups attached to an aromatic ring is 1. The fourth-order valence-electron chi connectivity index (χ4n) is 0.918. The summed E-state index contributed by atoms with van der Waals surface area (Å²) in [6.07, 6.45) is 0. The molecule has 0 saturated carbocycles. The molecule has 2 heterocycles. The highest BCUT2D eigenvalue weighted by atomic mass is 32.1. The van der Waals surface area contributed by atoms with Crippen molar-refractivity contribution in [2.24, 2.45) is 0 Å². The lowest BCUT2D eigenvalue weighted by Crippen LogP contribution is -1.87. The van der Waals surface area contributed by atoms with Crippen molar-refractivity contribution in [3.63, 3.8) is 0 Å². The molecule has 2 N–H and O–H groups in total. The fraction of sp³-hybridized carbons (Fsp3) is 0.286. The predicted molar refractivity (Wildman–Crippen MR) is 49.3 cm³/mol. The molecule has 0 fully saturated rings. The first-order chi connectivity index (χ1) is 6.18. The average molecular weight is 196 g/mol. The molecule has 0 aliphatic heterocycles. The molecule has 2 aromatic heterocycles. The summed E-state index contributed by atoms with van der Waals surface area (Å²) in [4.78, 5) is 5.44. The van der Waals surface area contributed by atoms with Crippen LogP contribution >= 0.6 is 11.3 Å². The summed E-state index contributed by atoms with van der Waals surface area (Å²) >= 11 is 1.53. The molecule has 68 valence electrons. The van der Waals surface area contributed by atoms with E-state index in [1.165, 1.54) is 11.3 Å². The molecule has 13 heavy (non-hydrogen) atoms. The van der Waals surface area contributed by atoms with Gasteiger partial charge in [-0.1, -0.05) is 0 Å². The summed E-state index contributed by atoms with van der Waals surface area (Å²) in [6, 6.07) is 0. The van der Waals surface area contributed by atoms with Crippen LogP contribution in [0.15, 0.2) is 4.63 Å². The second kappa shape index (κ2) is 2.81. The SMILES string of the molecule is Cc1nc(-c2nonc2N)sc1C. The van der Waals surface area contributed by atoms with Crippen molar-refractivity contribution in [3.8, 4) is 10.7 Å². The summed E-state index contributed by atoms with van der Waals surface area (Å²) in [5, 5.41) is 7.93. The highest BCUT2D eigenvalue weighted by Crippen LogP contribution is 2.28. The molecule has 6 heteroatoms. The van der Waals surface area contributed by atoms with Crippen molar-refractivity contribution < 1.29 is 4.63 Å². The fourth-order valence-corrected chi connectivity index (χ4v) is 1.82. The van der Waals surface area contributed by atoms with E-state index in [9.17, 15) is 0 Å². The van der Waals surface area contributed by atoms with Gasteiger partial charge in [0.2, 0.25) is 0 Å². The Hall–Kier alpha value is -1.43. The van der Waals surface area contributed by atoms with E-state index < -0.39 is 0 Å². The lowest BCUT2D eigenvalue weighted by molar-refractivity contribution is 0.310. The quantitative estimate of drug-likeness (QED) is 0.745. The Bertz CT molecular complexity index is 414. The number of aromatic nitrogens is 3. The smallest absolute Gasteiger partial charge is 0.198 e. The minimum Gasteiger partial charge on any atom is -0.379 e. The van der Waals surface area contributed by atoms with Crippen LogP contribution in [0.1, 0.15) is 10.6 Å². The molecule has 0 bridgehead atoms. The molecular weight excluding hydrogens is 188 g/mol. The van der Waals surface area contributed by atoms with Crippen LogP contribution in [0.25, 0.3) is 10.7 Å². The van der Waals surface area contributed by atoms with Gasteiger partial charge in [-0.05, 0) is 24.2 Å². The monoisotopic (exact) mass is 196 g/mol. The lowest BCUT2D eigenvalue weighted by atomic mass is 10.4. The van der Waals surface area contributed by atoms with Gasteiger partial charge in [0.1, 0.15) is 5.01 Å². The van der Waals surface area contributed by atoms with E-state index in [1.807, 2.05) is 13.8 Å². The Balaban J connectivity index is 2.53. The van der Waals surface area contributed by atoms with Crippen LogP contribution in [0.4, 0.5) is 5.82 Å². The van der Waals surface area contributed by atoms with Crippen LogP contribution in [-0.4, -0.2) is 15.3 Å². The molecule has 0 atom stereocenters. The molecule has 0 aromatic carbocycles. The summed E-state index contributed by atoms with van der Waals surface area (Å²) in [5.41, 5.74) is 7.05. The van der Waals surface area contributed by atoms with Crippen molar-refractivity contribution in [1.29, 1.82) is 0 Å². The van der Waals surface area contributed by atoms with E-state index in [0.29, 0.717) is 5.69 Å². The average Bonchev–Trinajstić information content (AvgIpc) is 2.60. The molecule has 0 amide bonds. The number of anilines is 1. The van der Waals surface area contributed by atoms with E-state index in [-0.39, 0.29) is 5.82 Å². The standard InChI is InChI=1S/C7H8N4OS/c1-3-4(2)13-7(9-3)5-6(8)11-12-10-5/h1-2H3,(H2,8,11). The number of nitrogens with two attached hydrogens (primary N) is 1. The van der Waals surface area contributed by atoms with E-state index >= 15 is 0 Å². The molecule has 0 aliphatic rings. The van der Waals surface area contributed by atoms with Crippen molar-refractivity contribution in [3.05, 3.63) is 10.6 Å². The second-order valence-electron chi connectivity index (χ2n) is 2.66. The molecule has 5 nitrogen and oxygen atoms in total. The lowest BCUT2D eigenvalue weighted by Gasteiger charge is -1.85. The van der Waals surface area contributed by atoms with E-state index in [0.717, 1.165) is 15.6 Å². The van der Waals surface area contributed by atoms with Gasteiger partial charge in [0.25, 0.3) is 0 Å². The first-order valence-electron chi connectivity index (χ1n) is 3.71.